The zero-order valence-corrected chi connectivity index (χ0v) is 14.6. The van der Waals surface area contributed by atoms with Gasteiger partial charge in [0.05, 0.1) is 25.0 Å². The van der Waals surface area contributed by atoms with Gasteiger partial charge in [0.15, 0.2) is 0 Å². The van der Waals surface area contributed by atoms with E-state index in [9.17, 15) is 9.00 Å². The monoisotopic (exact) mass is 347 g/mol. The lowest BCUT2D eigenvalue weighted by Gasteiger charge is -2.18. The van der Waals surface area contributed by atoms with Gasteiger partial charge in [0.1, 0.15) is 11.5 Å². The van der Waals surface area contributed by atoms with Crippen molar-refractivity contribution in [2.75, 3.05) is 26.5 Å². The Balaban J connectivity index is 1.99. The molecule has 1 unspecified atom stereocenters. The van der Waals surface area contributed by atoms with Crippen LogP contribution in [-0.4, -0.2) is 42.0 Å². The van der Waals surface area contributed by atoms with E-state index in [4.69, 9.17) is 9.47 Å². The lowest BCUT2D eigenvalue weighted by atomic mass is 10.2. The number of hydrogen-bond donors (Lipinski definition) is 0. The Morgan fingerprint density at radius 3 is 2.21 bits per heavy atom. The van der Waals surface area contributed by atoms with Gasteiger partial charge in [0, 0.05) is 29.8 Å². The van der Waals surface area contributed by atoms with Gasteiger partial charge in [-0.2, -0.15) is 0 Å². The fraction of sp³-hybridized carbons (Fsp3) is 0.278. The van der Waals surface area contributed by atoms with E-state index >= 15 is 0 Å². The highest BCUT2D eigenvalue weighted by atomic mass is 32.2. The van der Waals surface area contributed by atoms with Gasteiger partial charge in [-0.05, 0) is 29.8 Å². The molecule has 5 nitrogen and oxygen atoms in total. The maximum absolute atomic E-state index is 12.2. The summed E-state index contributed by atoms with van der Waals surface area (Å²) in [6.07, 6.45) is 0.772. The quantitative estimate of drug-likeness (QED) is 0.654. The minimum Gasteiger partial charge on any atom is -0.497 e. The third kappa shape index (κ3) is 5.09. The average Bonchev–Trinajstić information content (AvgIpc) is 2.65. The summed E-state index contributed by atoms with van der Waals surface area (Å²) in [5, 5.41) is 0. The predicted octanol–water partition coefficient (Wildman–Crippen LogP) is 2.47. The van der Waals surface area contributed by atoms with Gasteiger partial charge >= 0.3 is 0 Å². The van der Waals surface area contributed by atoms with E-state index in [1.54, 1.807) is 25.2 Å². The molecule has 128 valence electrons. The van der Waals surface area contributed by atoms with Crippen LogP contribution in [0.25, 0.3) is 0 Å². The molecule has 24 heavy (non-hydrogen) atoms. The molecule has 0 saturated carbocycles. The highest BCUT2D eigenvalue weighted by Gasteiger charge is 2.10. The van der Waals surface area contributed by atoms with E-state index in [0.29, 0.717) is 30.3 Å². The smallest absolute Gasteiger partial charge is 0.210 e. The number of nitrogens with zero attached hydrogens (tertiary/aromatic N) is 1. The van der Waals surface area contributed by atoms with Crippen molar-refractivity contribution in [3.63, 3.8) is 0 Å². The molecule has 0 heterocycles. The molecule has 0 aliphatic rings. The number of methoxy groups -OCH3 is 2. The summed E-state index contributed by atoms with van der Waals surface area (Å²) in [5.41, 5.74) is 0.892. The number of carbonyl (C=O) groups excluding carboxylic acids is 1. The van der Waals surface area contributed by atoms with Gasteiger partial charge in [-0.3, -0.25) is 9.00 Å². The van der Waals surface area contributed by atoms with Crippen molar-refractivity contribution in [2.24, 2.45) is 0 Å². The van der Waals surface area contributed by atoms with Crippen LogP contribution in [0.5, 0.6) is 11.5 Å². The first-order valence-corrected chi connectivity index (χ1v) is 8.83. The largest absolute Gasteiger partial charge is 0.497 e. The molecule has 2 aromatic rings. The molecule has 0 bridgehead atoms. The lowest BCUT2D eigenvalue weighted by molar-refractivity contribution is -0.118. The van der Waals surface area contributed by atoms with Crippen molar-refractivity contribution in [1.82, 2.24) is 4.90 Å². The third-order valence-corrected chi connectivity index (χ3v) is 4.87. The van der Waals surface area contributed by atoms with E-state index in [0.717, 1.165) is 16.9 Å². The van der Waals surface area contributed by atoms with Crippen LogP contribution < -0.4 is 9.47 Å². The Hall–Kier alpha value is -2.34. The summed E-state index contributed by atoms with van der Waals surface area (Å²) in [4.78, 5) is 13.7. The number of ether oxygens (including phenoxy) is 2. The zero-order valence-electron chi connectivity index (χ0n) is 13.8. The molecule has 0 fully saturated rings. The molecule has 0 aliphatic heterocycles. The van der Waals surface area contributed by atoms with Crippen LogP contribution in [0.1, 0.15) is 5.56 Å². The minimum absolute atomic E-state index is 0.393. The van der Waals surface area contributed by atoms with Crippen molar-refractivity contribution < 1.29 is 18.5 Å². The molecule has 1 amide bonds. The van der Waals surface area contributed by atoms with E-state index in [2.05, 4.69) is 0 Å². The summed E-state index contributed by atoms with van der Waals surface area (Å²) in [7, 11) is 2.04. The van der Waals surface area contributed by atoms with Gasteiger partial charge < -0.3 is 14.4 Å². The highest BCUT2D eigenvalue weighted by Crippen LogP contribution is 2.23. The molecule has 1 atom stereocenters. The Morgan fingerprint density at radius 2 is 1.67 bits per heavy atom. The van der Waals surface area contributed by atoms with E-state index in [-0.39, 0.29) is 0 Å². The van der Waals surface area contributed by atoms with E-state index < -0.39 is 10.8 Å². The maximum Gasteiger partial charge on any atom is 0.210 e. The van der Waals surface area contributed by atoms with Crippen LogP contribution in [-0.2, 0) is 22.1 Å². The van der Waals surface area contributed by atoms with E-state index in [1.165, 1.54) is 0 Å². The van der Waals surface area contributed by atoms with Crippen molar-refractivity contribution in [2.45, 2.75) is 11.4 Å². The Labute approximate surface area is 144 Å². The number of amides is 1. The summed E-state index contributed by atoms with van der Waals surface area (Å²) in [6.45, 7) is 0.813. The maximum atomic E-state index is 12.2. The van der Waals surface area contributed by atoms with Crippen LogP contribution in [0.4, 0.5) is 0 Å². The summed E-state index contributed by atoms with van der Waals surface area (Å²) < 4.78 is 22.7. The topological polar surface area (TPSA) is 55.8 Å². The van der Waals surface area contributed by atoms with Gasteiger partial charge in [0.25, 0.3) is 0 Å². The van der Waals surface area contributed by atoms with Gasteiger partial charge in [-0.15, -0.1) is 0 Å². The van der Waals surface area contributed by atoms with Crippen LogP contribution in [0.3, 0.4) is 0 Å². The number of benzene rings is 2. The molecule has 0 aromatic heterocycles. The van der Waals surface area contributed by atoms with Gasteiger partial charge in [-0.1, -0.05) is 18.2 Å². The number of carbonyl (C=O) groups is 1. The van der Waals surface area contributed by atoms with Crippen LogP contribution >= 0.6 is 0 Å². The van der Waals surface area contributed by atoms with Crippen molar-refractivity contribution in [3.8, 4) is 11.5 Å². The molecular formula is C18H21NO4S. The van der Waals surface area contributed by atoms with Crippen molar-refractivity contribution >= 4 is 17.2 Å². The third-order valence-electron chi connectivity index (χ3n) is 3.52. The fourth-order valence-corrected chi connectivity index (χ4v) is 3.35. The second kappa shape index (κ2) is 9.08. The first kappa shape index (κ1) is 18.0. The Bertz CT molecular complexity index is 668. The first-order chi connectivity index (χ1) is 11.7. The molecule has 0 aliphatic carbocycles. The lowest BCUT2D eigenvalue weighted by Crippen LogP contribution is -2.26. The molecule has 6 heteroatoms. The second-order valence-corrected chi connectivity index (χ2v) is 6.73. The van der Waals surface area contributed by atoms with Crippen molar-refractivity contribution in [3.05, 3.63) is 54.1 Å². The van der Waals surface area contributed by atoms with Gasteiger partial charge in [-0.25, -0.2) is 0 Å². The Morgan fingerprint density at radius 1 is 1.04 bits per heavy atom. The predicted molar refractivity (Wildman–Crippen MR) is 93.7 cm³/mol. The summed E-state index contributed by atoms with van der Waals surface area (Å²) in [5.74, 6) is 1.73. The average molecular weight is 347 g/mol. The number of rotatable bonds is 9. The summed E-state index contributed by atoms with van der Waals surface area (Å²) in [6, 6.07) is 14.7. The zero-order chi connectivity index (χ0) is 17.4. The van der Waals surface area contributed by atoms with E-state index in [1.807, 2.05) is 42.5 Å². The minimum atomic E-state index is -1.13. The molecule has 0 spiro atoms. The second-order valence-electron chi connectivity index (χ2n) is 5.16. The molecule has 2 aromatic carbocycles. The molecular weight excluding hydrogens is 326 g/mol. The van der Waals surface area contributed by atoms with Crippen LogP contribution in [0.2, 0.25) is 0 Å². The standard InChI is InChI=1S/C18H21NO4S/c1-22-16-10-15(11-17(12-16)23-2)13-19(14-20)8-9-24(21)18-6-4-3-5-7-18/h3-7,10-12,14H,8-9,13H2,1-2H3. The molecule has 2 rings (SSSR count). The number of hydrogen-bond acceptors (Lipinski definition) is 4. The van der Waals surface area contributed by atoms with Gasteiger partial charge in [0.2, 0.25) is 6.41 Å². The molecule has 0 radical (unpaired) electrons. The fourth-order valence-electron chi connectivity index (χ4n) is 2.25. The van der Waals surface area contributed by atoms with Crippen LogP contribution in [0, 0.1) is 0 Å². The SMILES string of the molecule is COc1cc(CN(C=O)CCS(=O)c2ccccc2)cc(OC)c1. The van der Waals surface area contributed by atoms with Crippen molar-refractivity contribution in [1.29, 1.82) is 0 Å². The summed E-state index contributed by atoms with van der Waals surface area (Å²) >= 11 is 0. The molecule has 0 N–H and O–H groups in total. The highest BCUT2D eigenvalue weighted by molar-refractivity contribution is 7.85. The normalized spacial score (nSPS) is 11.6. The van der Waals surface area contributed by atoms with Crippen LogP contribution in [0.15, 0.2) is 53.4 Å². The first-order valence-electron chi connectivity index (χ1n) is 7.51. The molecule has 0 saturated heterocycles. The Kier molecular flexibility index (Phi) is 6.81.